The lowest BCUT2D eigenvalue weighted by Gasteiger charge is -2.32. The molecule has 4 nitrogen and oxygen atoms in total. The fourth-order valence-corrected chi connectivity index (χ4v) is 3.81. The van der Waals surface area contributed by atoms with Crippen molar-refractivity contribution in [3.8, 4) is 6.07 Å². The van der Waals surface area contributed by atoms with Crippen LogP contribution in [0.4, 0.5) is 0 Å². The highest BCUT2D eigenvalue weighted by Gasteiger charge is 2.39. The maximum Gasteiger partial charge on any atom is 0.218 e. The Morgan fingerprint density at radius 3 is 2.62 bits per heavy atom. The van der Waals surface area contributed by atoms with E-state index in [1.807, 2.05) is 24.5 Å². The van der Waals surface area contributed by atoms with Gasteiger partial charge in [-0.3, -0.25) is 9.36 Å². The Morgan fingerprint density at radius 1 is 1.15 bits per heavy atom. The third kappa shape index (κ3) is 2.74. The number of rotatable bonds is 2. The van der Waals surface area contributed by atoms with Gasteiger partial charge in [0.1, 0.15) is 17.4 Å². The summed E-state index contributed by atoms with van der Waals surface area (Å²) in [5, 5.41) is 10.7. The molecule has 1 atom stereocenters. The Hall–Kier alpha value is -2.48. The molecular formula is C20H14Cl2N2O2. The van der Waals surface area contributed by atoms with Crippen molar-refractivity contribution >= 4 is 34.9 Å². The highest BCUT2D eigenvalue weighted by Crippen LogP contribution is 2.46. The summed E-state index contributed by atoms with van der Waals surface area (Å²) in [4.78, 5) is 12.7. The zero-order valence-corrected chi connectivity index (χ0v) is 15.2. The van der Waals surface area contributed by atoms with E-state index in [0.29, 0.717) is 45.7 Å². The van der Waals surface area contributed by atoms with Crippen LogP contribution in [0.3, 0.4) is 0 Å². The molecule has 0 spiro atoms. The Morgan fingerprint density at radius 2 is 1.92 bits per heavy atom. The van der Waals surface area contributed by atoms with Crippen molar-refractivity contribution in [2.45, 2.75) is 25.2 Å². The van der Waals surface area contributed by atoms with Crippen molar-refractivity contribution in [1.29, 1.82) is 5.26 Å². The third-order valence-electron chi connectivity index (χ3n) is 4.67. The van der Waals surface area contributed by atoms with Crippen LogP contribution in [0.2, 0.25) is 10.0 Å². The van der Waals surface area contributed by atoms with E-state index in [0.717, 1.165) is 12.0 Å². The normalized spacial score (nSPS) is 19.9. The molecule has 130 valence electrons. The number of benzene rings is 1. The van der Waals surface area contributed by atoms with Crippen LogP contribution in [0.1, 0.15) is 30.7 Å². The maximum atomic E-state index is 12.7. The van der Waals surface area contributed by atoms with E-state index in [1.165, 1.54) is 0 Å². The number of nitriles is 1. The van der Waals surface area contributed by atoms with Crippen molar-refractivity contribution in [1.82, 2.24) is 4.57 Å². The highest BCUT2D eigenvalue weighted by molar-refractivity contribution is 6.42. The van der Waals surface area contributed by atoms with E-state index in [9.17, 15) is 10.1 Å². The Balaban J connectivity index is 1.96. The summed E-state index contributed by atoms with van der Waals surface area (Å²) in [6, 6.07) is 11.2. The molecule has 2 heterocycles. The van der Waals surface area contributed by atoms with Gasteiger partial charge in [-0.15, -0.1) is 0 Å². The monoisotopic (exact) mass is 384 g/mol. The largest absolute Gasteiger partial charge is 0.443 e. The molecule has 0 N–H and O–H groups in total. The Kier molecular flexibility index (Phi) is 4.36. The number of halogens is 2. The molecule has 0 bridgehead atoms. The number of allylic oxidation sites excluding steroid dienone is 3. The lowest BCUT2D eigenvalue weighted by molar-refractivity contribution is -0.116. The van der Waals surface area contributed by atoms with Gasteiger partial charge in [-0.2, -0.15) is 5.26 Å². The molecule has 26 heavy (non-hydrogen) atoms. The van der Waals surface area contributed by atoms with E-state index in [4.69, 9.17) is 27.9 Å². The van der Waals surface area contributed by atoms with Gasteiger partial charge in [0, 0.05) is 30.8 Å². The SMILES string of the molecule is N#CC1=C(n2cccc2)OC2=C(C(=O)CCC2)C1c1ccc(Cl)c(Cl)c1. The molecule has 0 saturated carbocycles. The van der Waals surface area contributed by atoms with Crippen LogP contribution in [-0.2, 0) is 9.53 Å². The van der Waals surface area contributed by atoms with Crippen molar-refractivity contribution in [2.24, 2.45) is 0 Å². The number of hydrogen-bond acceptors (Lipinski definition) is 3. The molecule has 1 aliphatic carbocycles. The van der Waals surface area contributed by atoms with Gasteiger partial charge in [0.2, 0.25) is 5.88 Å². The minimum atomic E-state index is -0.510. The molecule has 2 aromatic rings. The van der Waals surface area contributed by atoms with E-state index in [-0.39, 0.29) is 5.78 Å². The fraction of sp³-hybridized carbons (Fsp3) is 0.200. The summed E-state index contributed by atoms with van der Waals surface area (Å²) in [6.45, 7) is 0. The third-order valence-corrected chi connectivity index (χ3v) is 5.41. The first-order chi connectivity index (χ1) is 12.6. The number of aromatic nitrogens is 1. The molecule has 4 rings (SSSR count). The second-order valence-electron chi connectivity index (χ2n) is 6.24. The summed E-state index contributed by atoms with van der Waals surface area (Å²) in [5.41, 5.74) is 1.70. The summed E-state index contributed by atoms with van der Waals surface area (Å²) < 4.78 is 7.79. The molecule has 0 fully saturated rings. The quantitative estimate of drug-likeness (QED) is 0.704. The molecule has 1 aliphatic heterocycles. The van der Waals surface area contributed by atoms with E-state index in [2.05, 4.69) is 6.07 Å². The van der Waals surface area contributed by atoms with Gasteiger partial charge < -0.3 is 4.74 Å². The molecule has 2 aliphatic rings. The van der Waals surface area contributed by atoms with Crippen molar-refractivity contribution in [3.05, 3.63) is 75.2 Å². The number of ether oxygens (including phenoxy) is 1. The average molecular weight is 385 g/mol. The molecule has 1 unspecified atom stereocenters. The standard InChI is InChI=1S/C20H14Cl2N2O2/c21-14-7-6-12(10-15(14)22)18-13(11-23)20(24-8-1-2-9-24)26-17-5-3-4-16(25)19(17)18/h1-2,6-10,18H,3-5H2. The van der Waals surface area contributed by atoms with Gasteiger partial charge >= 0.3 is 0 Å². The van der Waals surface area contributed by atoms with Gasteiger partial charge in [-0.1, -0.05) is 29.3 Å². The number of carbonyl (C=O) groups is 1. The summed E-state index contributed by atoms with van der Waals surface area (Å²) in [6.07, 6.45) is 5.50. The number of hydrogen-bond donors (Lipinski definition) is 0. The smallest absolute Gasteiger partial charge is 0.218 e. The summed E-state index contributed by atoms with van der Waals surface area (Å²) in [7, 11) is 0. The maximum absolute atomic E-state index is 12.7. The minimum Gasteiger partial charge on any atom is -0.443 e. The number of ketones is 1. The van der Waals surface area contributed by atoms with Gasteiger partial charge in [0.25, 0.3) is 0 Å². The van der Waals surface area contributed by atoms with Gasteiger partial charge in [-0.05, 0) is 36.2 Å². The van der Waals surface area contributed by atoms with Crippen LogP contribution in [0.15, 0.2) is 59.6 Å². The lowest BCUT2D eigenvalue weighted by atomic mass is 9.77. The second kappa shape index (κ2) is 6.68. The van der Waals surface area contributed by atoms with Crippen LogP contribution in [0.5, 0.6) is 0 Å². The Labute approximate surface area is 160 Å². The van der Waals surface area contributed by atoms with Crippen LogP contribution in [-0.4, -0.2) is 10.4 Å². The van der Waals surface area contributed by atoms with Crippen LogP contribution in [0, 0.1) is 11.3 Å². The predicted octanol–water partition coefficient (Wildman–Crippen LogP) is 5.31. The van der Waals surface area contributed by atoms with E-state index >= 15 is 0 Å². The van der Waals surface area contributed by atoms with Crippen molar-refractivity contribution in [2.75, 3.05) is 0 Å². The number of Topliss-reactive ketones (excluding diaryl/α,β-unsaturated/α-hetero) is 1. The number of carbonyl (C=O) groups excluding carboxylic acids is 1. The van der Waals surface area contributed by atoms with Crippen molar-refractivity contribution in [3.63, 3.8) is 0 Å². The zero-order chi connectivity index (χ0) is 18.3. The second-order valence-corrected chi connectivity index (χ2v) is 7.06. The first-order valence-electron chi connectivity index (χ1n) is 8.27. The van der Waals surface area contributed by atoms with E-state index in [1.54, 1.807) is 22.8 Å². The van der Waals surface area contributed by atoms with Gasteiger partial charge in [0.15, 0.2) is 5.78 Å². The van der Waals surface area contributed by atoms with Crippen LogP contribution < -0.4 is 0 Å². The molecule has 1 aromatic carbocycles. The van der Waals surface area contributed by atoms with Crippen LogP contribution >= 0.6 is 23.2 Å². The molecule has 0 radical (unpaired) electrons. The van der Waals surface area contributed by atoms with Gasteiger partial charge in [-0.25, -0.2) is 0 Å². The van der Waals surface area contributed by atoms with Crippen molar-refractivity contribution < 1.29 is 9.53 Å². The minimum absolute atomic E-state index is 0.0154. The predicted molar refractivity (Wildman–Crippen MR) is 99.4 cm³/mol. The summed E-state index contributed by atoms with van der Waals surface area (Å²) >= 11 is 12.3. The molecule has 0 amide bonds. The lowest BCUT2D eigenvalue weighted by Crippen LogP contribution is -2.26. The Bertz CT molecular complexity index is 997. The van der Waals surface area contributed by atoms with Crippen LogP contribution in [0.25, 0.3) is 5.88 Å². The highest BCUT2D eigenvalue weighted by atomic mass is 35.5. The average Bonchev–Trinajstić information content (AvgIpc) is 3.17. The molecule has 6 heteroatoms. The molecule has 0 saturated heterocycles. The zero-order valence-electron chi connectivity index (χ0n) is 13.7. The van der Waals surface area contributed by atoms with Gasteiger partial charge in [0.05, 0.1) is 16.0 Å². The summed E-state index contributed by atoms with van der Waals surface area (Å²) in [5.74, 6) is 0.576. The fourth-order valence-electron chi connectivity index (χ4n) is 3.50. The first kappa shape index (κ1) is 17.0. The molecule has 1 aromatic heterocycles. The topological polar surface area (TPSA) is 55.0 Å². The van der Waals surface area contributed by atoms with E-state index < -0.39 is 5.92 Å². The number of nitrogens with zero attached hydrogens (tertiary/aromatic N) is 2. The molecular weight excluding hydrogens is 371 g/mol. The first-order valence-corrected chi connectivity index (χ1v) is 9.02.